The maximum Gasteiger partial charge on any atom is 0.335 e. The Labute approximate surface area is 185 Å². The lowest BCUT2D eigenvalue weighted by Crippen LogP contribution is -2.11. The topological polar surface area (TPSA) is 71.5 Å². The fourth-order valence-electron chi connectivity index (χ4n) is 3.47. The lowest BCUT2D eigenvalue weighted by atomic mass is 10.0. The van der Waals surface area contributed by atoms with Crippen LogP contribution < -0.4 is 10.1 Å². The van der Waals surface area contributed by atoms with Crippen molar-refractivity contribution in [2.75, 3.05) is 5.32 Å². The zero-order valence-electron chi connectivity index (χ0n) is 16.9. The molecule has 0 aliphatic rings. The molecule has 0 unspecified atom stereocenters. The number of rotatable bonds is 7. The number of nitrogens with one attached hydrogen (secondary N) is 1. The Morgan fingerprint density at radius 3 is 2.48 bits per heavy atom. The van der Waals surface area contributed by atoms with Crippen LogP contribution in [-0.2, 0) is 0 Å². The van der Waals surface area contributed by atoms with E-state index in [1.54, 1.807) is 30.5 Å². The van der Waals surface area contributed by atoms with Crippen LogP contribution in [0.2, 0.25) is 5.02 Å². The average Bonchev–Trinajstić information content (AvgIpc) is 2.79. The standard InChI is InChI=1S/C25H21ClN2O3/c1-2-21(16-6-8-18(9-7-16)25(29)30)28-24-23-17(14-15-27-24)4-3-5-22(23)31-20-12-10-19(26)11-13-20/h3-15,21H,2H2,1H3,(H,27,28)(H,29,30)/t21-/m0/s1. The van der Waals surface area contributed by atoms with Gasteiger partial charge in [0.15, 0.2) is 0 Å². The van der Waals surface area contributed by atoms with Gasteiger partial charge in [-0.15, -0.1) is 0 Å². The number of aromatic carboxylic acids is 1. The molecule has 0 saturated heterocycles. The molecule has 0 amide bonds. The second kappa shape index (κ2) is 9.06. The number of carboxylic acids is 1. The van der Waals surface area contributed by atoms with Gasteiger partial charge >= 0.3 is 5.97 Å². The summed E-state index contributed by atoms with van der Waals surface area (Å²) in [6.45, 7) is 2.07. The predicted octanol–water partition coefficient (Wildman–Crippen LogP) is 6.94. The van der Waals surface area contributed by atoms with Gasteiger partial charge in [-0.25, -0.2) is 9.78 Å². The number of fused-ring (bicyclic) bond motifs is 1. The molecule has 0 aliphatic carbocycles. The van der Waals surface area contributed by atoms with Crippen molar-refractivity contribution in [3.63, 3.8) is 0 Å². The SMILES string of the molecule is CC[C@H](Nc1nccc2cccc(Oc3ccc(Cl)cc3)c12)c1ccc(C(=O)O)cc1. The molecule has 0 aliphatic heterocycles. The Kier molecular flexibility index (Phi) is 6.05. The van der Waals surface area contributed by atoms with E-state index in [2.05, 4.69) is 17.2 Å². The molecule has 0 fully saturated rings. The van der Waals surface area contributed by atoms with Gasteiger partial charge in [-0.1, -0.05) is 42.8 Å². The second-order valence-electron chi connectivity index (χ2n) is 7.10. The highest BCUT2D eigenvalue weighted by atomic mass is 35.5. The smallest absolute Gasteiger partial charge is 0.335 e. The van der Waals surface area contributed by atoms with E-state index in [1.807, 2.05) is 48.5 Å². The van der Waals surface area contributed by atoms with Crippen LogP contribution >= 0.6 is 11.6 Å². The second-order valence-corrected chi connectivity index (χ2v) is 7.54. The quantitative estimate of drug-likeness (QED) is 0.331. The van der Waals surface area contributed by atoms with E-state index in [9.17, 15) is 4.79 Å². The summed E-state index contributed by atoms with van der Waals surface area (Å²) in [7, 11) is 0. The minimum absolute atomic E-state index is 0.0375. The Morgan fingerprint density at radius 1 is 1.06 bits per heavy atom. The maximum atomic E-state index is 11.1. The first kappa shape index (κ1) is 20.7. The highest BCUT2D eigenvalue weighted by Crippen LogP contribution is 2.36. The number of nitrogens with zero attached hydrogens (tertiary/aromatic N) is 1. The van der Waals surface area contributed by atoms with Gasteiger partial charge in [0.05, 0.1) is 17.0 Å². The third kappa shape index (κ3) is 4.62. The van der Waals surface area contributed by atoms with Crippen LogP contribution in [0.1, 0.15) is 35.3 Å². The van der Waals surface area contributed by atoms with Gasteiger partial charge in [0.1, 0.15) is 17.3 Å². The average molecular weight is 433 g/mol. The van der Waals surface area contributed by atoms with Crippen molar-refractivity contribution in [2.45, 2.75) is 19.4 Å². The first-order valence-corrected chi connectivity index (χ1v) is 10.3. The zero-order valence-corrected chi connectivity index (χ0v) is 17.6. The van der Waals surface area contributed by atoms with Gasteiger partial charge in [0, 0.05) is 11.2 Å². The fraction of sp³-hybridized carbons (Fsp3) is 0.120. The Hall–Kier alpha value is -3.57. The highest BCUT2D eigenvalue weighted by Gasteiger charge is 2.15. The molecule has 1 heterocycles. The molecule has 5 nitrogen and oxygen atoms in total. The first-order valence-electron chi connectivity index (χ1n) is 9.96. The van der Waals surface area contributed by atoms with E-state index in [4.69, 9.17) is 21.4 Å². The van der Waals surface area contributed by atoms with E-state index < -0.39 is 5.97 Å². The number of carbonyl (C=O) groups is 1. The van der Waals surface area contributed by atoms with Crippen LogP contribution in [0.5, 0.6) is 11.5 Å². The van der Waals surface area contributed by atoms with Crippen LogP contribution in [0, 0.1) is 0 Å². The maximum absolute atomic E-state index is 11.1. The van der Waals surface area contributed by atoms with Crippen LogP contribution in [-0.4, -0.2) is 16.1 Å². The molecule has 3 aromatic carbocycles. The summed E-state index contributed by atoms with van der Waals surface area (Å²) in [5.41, 5.74) is 1.25. The van der Waals surface area contributed by atoms with Crippen molar-refractivity contribution in [2.24, 2.45) is 0 Å². The zero-order chi connectivity index (χ0) is 21.8. The van der Waals surface area contributed by atoms with E-state index in [0.29, 0.717) is 22.3 Å². The molecule has 1 atom stereocenters. The van der Waals surface area contributed by atoms with Crippen molar-refractivity contribution in [3.05, 3.63) is 95.1 Å². The fourth-order valence-corrected chi connectivity index (χ4v) is 3.59. The Balaban J connectivity index is 1.69. The number of carboxylic acid groups (broad SMARTS) is 1. The number of hydrogen-bond acceptors (Lipinski definition) is 4. The molecule has 6 heteroatoms. The Bertz CT molecular complexity index is 1200. The van der Waals surface area contributed by atoms with E-state index in [-0.39, 0.29) is 11.6 Å². The lowest BCUT2D eigenvalue weighted by Gasteiger charge is -2.20. The summed E-state index contributed by atoms with van der Waals surface area (Å²) in [4.78, 5) is 15.7. The monoisotopic (exact) mass is 432 g/mol. The molecule has 0 bridgehead atoms. The number of anilines is 1. The van der Waals surface area contributed by atoms with Crippen LogP contribution in [0.4, 0.5) is 5.82 Å². The molecule has 1 aromatic heterocycles. The third-order valence-corrected chi connectivity index (χ3v) is 5.33. The predicted molar refractivity (Wildman–Crippen MR) is 123 cm³/mol. The number of pyridine rings is 1. The minimum atomic E-state index is -0.938. The summed E-state index contributed by atoms with van der Waals surface area (Å²) in [6.07, 6.45) is 2.56. The molecule has 0 saturated carbocycles. The molecule has 4 rings (SSSR count). The molecule has 0 spiro atoms. The van der Waals surface area contributed by atoms with Crippen molar-refractivity contribution < 1.29 is 14.6 Å². The third-order valence-electron chi connectivity index (χ3n) is 5.07. The molecule has 156 valence electrons. The number of halogens is 1. The van der Waals surface area contributed by atoms with E-state index in [0.717, 1.165) is 22.8 Å². The highest BCUT2D eigenvalue weighted by molar-refractivity contribution is 6.30. The molecular formula is C25H21ClN2O3. The van der Waals surface area contributed by atoms with Crippen molar-refractivity contribution >= 4 is 34.2 Å². The summed E-state index contributed by atoms with van der Waals surface area (Å²) >= 11 is 5.99. The number of hydrogen-bond donors (Lipinski definition) is 2. The number of ether oxygens (including phenoxy) is 1. The van der Waals surface area contributed by atoms with Gasteiger partial charge in [-0.05, 0) is 65.9 Å². The van der Waals surface area contributed by atoms with E-state index >= 15 is 0 Å². The summed E-state index contributed by atoms with van der Waals surface area (Å²) < 4.78 is 6.15. The Morgan fingerprint density at radius 2 is 1.81 bits per heavy atom. The van der Waals surface area contributed by atoms with Gasteiger partial charge < -0.3 is 15.2 Å². The summed E-state index contributed by atoms with van der Waals surface area (Å²) in [5.74, 6) is 1.14. The van der Waals surface area contributed by atoms with Gasteiger partial charge in [0.25, 0.3) is 0 Å². The molecular weight excluding hydrogens is 412 g/mol. The molecule has 31 heavy (non-hydrogen) atoms. The van der Waals surface area contributed by atoms with Gasteiger partial charge in [0.2, 0.25) is 0 Å². The van der Waals surface area contributed by atoms with Crippen LogP contribution in [0.25, 0.3) is 10.8 Å². The van der Waals surface area contributed by atoms with Gasteiger partial charge in [-0.2, -0.15) is 0 Å². The van der Waals surface area contributed by atoms with Crippen molar-refractivity contribution in [1.29, 1.82) is 0 Å². The van der Waals surface area contributed by atoms with Crippen molar-refractivity contribution in [3.8, 4) is 11.5 Å². The largest absolute Gasteiger partial charge is 0.478 e. The normalized spacial score (nSPS) is 11.8. The molecule has 0 radical (unpaired) electrons. The lowest BCUT2D eigenvalue weighted by molar-refractivity contribution is 0.0697. The number of aromatic nitrogens is 1. The summed E-state index contributed by atoms with van der Waals surface area (Å²) in [6, 6.07) is 21.9. The molecule has 4 aromatic rings. The first-order chi connectivity index (χ1) is 15.0. The van der Waals surface area contributed by atoms with Crippen LogP contribution in [0.3, 0.4) is 0 Å². The molecule has 2 N–H and O–H groups in total. The number of benzene rings is 3. The summed E-state index contributed by atoms with van der Waals surface area (Å²) in [5, 5.41) is 15.2. The van der Waals surface area contributed by atoms with Crippen molar-refractivity contribution in [1.82, 2.24) is 4.98 Å². The van der Waals surface area contributed by atoms with E-state index in [1.165, 1.54) is 0 Å². The van der Waals surface area contributed by atoms with Gasteiger partial charge in [-0.3, -0.25) is 0 Å². The van der Waals surface area contributed by atoms with Crippen LogP contribution in [0.15, 0.2) is 79.0 Å². The minimum Gasteiger partial charge on any atom is -0.478 e.